The van der Waals surface area contributed by atoms with E-state index in [1.807, 2.05) is 60.7 Å². The molecule has 1 aliphatic heterocycles. The first-order chi connectivity index (χ1) is 15.9. The maximum Gasteiger partial charge on any atom is 0.349 e. The minimum Gasteiger partial charge on any atom is -0.511 e. The fourth-order valence-electron chi connectivity index (χ4n) is 4.33. The lowest BCUT2D eigenvalue weighted by atomic mass is 9.82. The fourth-order valence-corrected chi connectivity index (χ4v) is 5.41. The van der Waals surface area contributed by atoms with Crippen LogP contribution in [0, 0.1) is 6.92 Å². The van der Waals surface area contributed by atoms with Gasteiger partial charge in [-0.2, -0.15) is 0 Å². The van der Waals surface area contributed by atoms with Crippen molar-refractivity contribution in [2.75, 3.05) is 0 Å². The molecule has 33 heavy (non-hydrogen) atoms. The van der Waals surface area contributed by atoms with Gasteiger partial charge in [-0.15, -0.1) is 0 Å². The lowest BCUT2D eigenvalue weighted by Crippen LogP contribution is -2.38. The zero-order valence-electron chi connectivity index (χ0n) is 19.4. The van der Waals surface area contributed by atoms with Crippen molar-refractivity contribution in [1.29, 1.82) is 0 Å². The normalized spacial score (nSPS) is 18.5. The third kappa shape index (κ3) is 5.17. The number of aryl methyl sites for hydroxylation is 2. The summed E-state index contributed by atoms with van der Waals surface area (Å²) in [5.41, 5.74) is 3.53. The average molecular weight is 459 g/mol. The second-order valence-electron chi connectivity index (χ2n) is 8.99. The van der Waals surface area contributed by atoms with E-state index in [-0.39, 0.29) is 17.1 Å². The highest BCUT2D eigenvalue weighted by atomic mass is 32.2. The SMILES string of the molecule is Cc1ccc(SC2=C(O)CC(CCc3ccccc3)(c3ccccc3)OC2=O)c(C(C)C)c1. The van der Waals surface area contributed by atoms with Crippen molar-refractivity contribution in [2.45, 2.75) is 56.4 Å². The lowest BCUT2D eigenvalue weighted by molar-refractivity contribution is -0.160. The molecule has 0 bridgehead atoms. The highest BCUT2D eigenvalue weighted by Crippen LogP contribution is 2.46. The maximum atomic E-state index is 13.3. The predicted octanol–water partition coefficient (Wildman–Crippen LogP) is 7.46. The Kier molecular flexibility index (Phi) is 6.94. The van der Waals surface area contributed by atoms with Crippen molar-refractivity contribution in [3.63, 3.8) is 0 Å². The summed E-state index contributed by atoms with van der Waals surface area (Å²) in [5.74, 6) is -0.0524. The second kappa shape index (κ2) is 9.88. The molecule has 4 rings (SSSR count). The number of aliphatic hydroxyl groups excluding tert-OH is 1. The molecular formula is C29H30O3S. The van der Waals surface area contributed by atoms with Crippen molar-refractivity contribution in [3.8, 4) is 0 Å². The largest absolute Gasteiger partial charge is 0.511 e. The molecule has 0 fully saturated rings. The van der Waals surface area contributed by atoms with Gasteiger partial charge in [0.1, 0.15) is 16.3 Å². The Morgan fingerprint density at radius 3 is 2.30 bits per heavy atom. The molecule has 1 N–H and O–H groups in total. The zero-order chi connectivity index (χ0) is 23.4. The molecule has 0 aromatic heterocycles. The third-order valence-corrected chi connectivity index (χ3v) is 7.35. The number of thioether (sulfide) groups is 1. The molecule has 0 radical (unpaired) electrons. The van der Waals surface area contributed by atoms with E-state index in [9.17, 15) is 9.90 Å². The number of hydrogen-bond acceptors (Lipinski definition) is 4. The molecule has 0 saturated heterocycles. The van der Waals surface area contributed by atoms with Gasteiger partial charge in [0.2, 0.25) is 0 Å². The van der Waals surface area contributed by atoms with E-state index in [0.717, 1.165) is 22.4 Å². The number of aliphatic hydroxyl groups is 1. The Morgan fingerprint density at radius 1 is 1.00 bits per heavy atom. The van der Waals surface area contributed by atoms with Gasteiger partial charge in [-0.05, 0) is 48.4 Å². The van der Waals surface area contributed by atoms with Gasteiger partial charge in [0.05, 0.1) is 6.42 Å². The summed E-state index contributed by atoms with van der Waals surface area (Å²) in [6.45, 7) is 6.33. The van der Waals surface area contributed by atoms with Crippen molar-refractivity contribution >= 4 is 17.7 Å². The first-order valence-corrected chi connectivity index (χ1v) is 12.2. The quantitative estimate of drug-likeness (QED) is 0.373. The van der Waals surface area contributed by atoms with Gasteiger partial charge in [-0.1, -0.05) is 104 Å². The summed E-state index contributed by atoms with van der Waals surface area (Å²) >= 11 is 1.31. The van der Waals surface area contributed by atoms with Gasteiger partial charge in [0, 0.05) is 4.90 Å². The summed E-state index contributed by atoms with van der Waals surface area (Å²) in [5, 5.41) is 11.1. The van der Waals surface area contributed by atoms with E-state index >= 15 is 0 Å². The molecule has 4 heteroatoms. The van der Waals surface area contributed by atoms with Crippen LogP contribution < -0.4 is 0 Å². The molecule has 0 saturated carbocycles. The molecule has 3 nitrogen and oxygen atoms in total. The topological polar surface area (TPSA) is 46.5 Å². The van der Waals surface area contributed by atoms with Gasteiger partial charge < -0.3 is 9.84 Å². The molecule has 0 aliphatic carbocycles. The molecule has 170 valence electrons. The Labute approximate surface area is 200 Å². The van der Waals surface area contributed by atoms with Crippen LogP contribution in [0.3, 0.4) is 0 Å². The maximum absolute atomic E-state index is 13.3. The lowest BCUT2D eigenvalue weighted by Gasteiger charge is -2.37. The number of carbonyl (C=O) groups excluding carboxylic acids is 1. The first-order valence-electron chi connectivity index (χ1n) is 11.4. The Bertz CT molecular complexity index is 1150. The molecule has 0 amide bonds. The Balaban J connectivity index is 1.67. The molecule has 1 atom stereocenters. The molecule has 3 aromatic carbocycles. The highest BCUT2D eigenvalue weighted by Gasteiger charge is 2.43. The third-order valence-electron chi connectivity index (χ3n) is 6.15. The highest BCUT2D eigenvalue weighted by molar-refractivity contribution is 8.04. The van der Waals surface area contributed by atoms with Crippen LogP contribution in [-0.2, 0) is 21.6 Å². The molecule has 0 spiro atoms. The summed E-state index contributed by atoms with van der Waals surface area (Å²) < 4.78 is 6.18. The van der Waals surface area contributed by atoms with E-state index in [0.29, 0.717) is 12.3 Å². The average Bonchev–Trinajstić information content (AvgIpc) is 2.82. The number of benzene rings is 3. The number of rotatable bonds is 7. The second-order valence-corrected chi connectivity index (χ2v) is 10.0. The van der Waals surface area contributed by atoms with E-state index < -0.39 is 11.6 Å². The summed E-state index contributed by atoms with van der Waals surface area (Å²) in [6, 6.07) is 26.1. The van der Waals surface area contributed by atoms with Crippen LogP contribution in [-0.4, -0.2) is 11.1 Å². The van der Waals surface area contributed by atoms with Crippen molar-refractivity contribution in [2.24, 2.45) is 0 Å². The van der Waals surface area contributed by atoms with Crippen LogP contribution >= 0.6 is 11.8 Å². The van der Waals surface area contributed by atoms with Crippen LogP contribution in [0.25, 0.3) is 0 Å². The van der Waals surface area contributed by atoms with Gasteiger partial charge in [0.15, 0.2) is 0 Å². The van der Waals surface area contributed by atoms with E-state index in [4.69, 9.17) is 4.74 Å². The van der Waals surface area contributed by atoms with Crippen LogP contribution in [0.15, 0.2) is 94.4 Å². The number of esters is 1. The van der Waals surface area contributed by atoms with Crippen molar-refractivity contribution in [3.05, 3.63) is 112 Å². The molecule has 1 heterocycles. The molecule has 3 aromatic rings. The predicted molar refractivity (Wildman–Crippen MR) is 134 cm³/mol. The summed E-state index contributed by atoms with van der Waals surface area (Å²) in [4.78, 5) is 14.6. The van der Waals surface area contributed by atoms with E-state index in [1.54, 1.807) is 0 Å². The summed E-state index contributed by atoms with van der Waals surface area (Å²) in [7, 11) is 0. The zero-order valence-corrected chi connectivity index (χ0v) is 20.2. The number of carbonyl (C=O) groups is 1. The molecule has 1 aliphatic rings. The number of ether oxygens (including phenoxy) is 1. The van der Waals surface area contributed by atoms with Crippen LogP contribution in [0.2, 0.25) is 0 Å². The van der Waals surface area contributed by atoms with E-state index in [1.165, 1.54) is 22.9 Å². The Morgan fingerprint density at radius 2 is 1.67 bits per heavy atom. The van der Waals surface area contributed by atoms with Crippen molar-refractivity contribution in [1.82, 2.24) is 0 Å². The van der Waals surface area contributed by atoms with Crippen LogP contribution in [0.1, 0.15) is 54.9 Å². The first kappa shape index (κ1) is 23.2. The van der Waals surface area contributed by atoms with Crippen molar-refractivity contribution < 1.29 is 14.6 Å². The van der Waals surface area contributed by atoms with Crippen LogP contribution in [0.4, 0.5) is 0 Å². The van der Waals surface area contributed by atoms with Crippen LogP contribution in [0.5, 0.6) is 0 Å². The minimum absolute atomic E-state index is 0.100. The summed E-state index contributed by atoms with van der Waals surface area (Å²) in [6.07, 6.45) is 1.60. The number of cyclic esters (lactones) is 1. The molecular weight excluding hydrogens is 428 g/mol. The Hall–Kier alpha value is -2.98. The van der Waals surface area contributed by atoms with Gasteiger partial charge in [-0.25, -0.2) is 4.79 Å². The van der Waals surface area contributed by atoms with Gasteiger partial charge in [-0.3, -0.25) is 0 Å². The standard InChI is InChI=1S/C29H30O3S/c1-20(2)24-18-21(3)14-15-26(24)33-27-25(30)19-29(32-28(27)31,23-12-8-5-9-13-23)17-16-22-10-6-4-7-11-22/h4-15,18,20,30H,16-17,19H2,1-3H3. The fraction of sp³-hybridized carbons (Fsp3) is 0.276. The smallest absolute Gasteiger partial charge is 0.349 e. The number of hydrogen-bond donors (Lipinski definition) is 1. The van der Waals surface area contributed by atoms with Gasteiger partial charge >= 0.3 is 5.97 Å². The van der Waals surface area contributed by atoms with Gasteiger partial charge in [0.25, 0.3) is 0 Å². The minimum atomic E-state index is -0.892. The molecule has 1 unspecified atom stereocenters. The van der Waals surface area contributed by atoms with E-state index in [2.05, 4.69) is 39.0 Å². The monoisotopic (exact) mass is 458 g/mol.